The van der Waals surface area contributed by atoms with E-state index < -0.39 is 11.9 Å². The fourth-order valence-corrected chi connectivity index (χ4v) is 3.06. The number of carbonyl (C=O) groups excluding carboxylic acids is 3. The highest BCUT2D eigenvalue weighted by atomic mass is 16.5. The Morgan fingerprint density at radius 3 is 2.07 bits per heavy atom. The van der Waals surface area contributed by atoms with E-state index in [2.05, 4.69) is 5.32 Å². The second kappa shape index (κ2) is 11.8. The standard InChI is InChI=1S/C24H29NO5/c1-4-17-8-7-9-18(5-2)24(17)25-22(27)16-30-23(28)15-14-21(26)19-10-12-20(13-11-19)29-6-3/h7-13H,4-6,14-16H2,1-3H3,(H,25,27). The first kappa shape index (κ1) is 23.1. The lowest BCUT2D eigenvalue weighted by molar-refractivity contribution is -0.147. The maximum atomic E-state index is 12.2. The molecule has 0 spiro atoms. The van der Waals surface area contributed by atoms with Crippen LogP contribution in [0.3, 0.4) is 0 Å². The van der Waals surface area contributed by atoms with Crippen molar-refractivity contribution in [1.82, 2.24) is 0 Å². The van der Waals surface area contributed by atoms with Crippen LogP contribution in [0, 0.1) is 0 Å². The lowest BCUT2D eigenvalue weighted by atomic mass is 10.0. The van der Waals surface area contributed by atoms with Crippen molar-refractivity contribution in [3.8, 4) is 5.75 Å². The number of aryl methyl sites for hydroxylation is 2. The summed E-state index contributed by atoms with van der Waals surface area (Å²) in [5.41, 5.74) is 3.37. The molecule has 0 aliphatic heterocycles. The first-order valence-corrected chi connectivity index (χ1v) is 10.3. The van der Waals surface area contributed by atoms with E-state index in [9.17, 15) is 14.4 Å². The molecule has 2 aromatic carbocycles. The molecule has 0 atom stereocenters. The molecule has 0 aliphatic rings. The Bertz CT molecular complexity index is 851. The highest BCUT2D eigenvalue weighted by Crippen LogP contribution is 2.22. The third-order valence-electron chi connectivity index (χ3n) is 4.67. The Hall–Kier alpha value is -3.15. The highest BCUT2D eigenvalue weighted by Gasteiger charge is 2.14. The molecule has 0 saturated heterocycles. The summed E-state index contributed by atoms with van der Waals surface area (Å²) in [6.45, 7) is 6.10. The number of rotatable bonds is 11. The number of esters is 1. The maximum Gasteiger partial charge on any atom is 0.306 e. The summed E-state index contributed by atoms with van der Waals surface area (Å²) in [7, 11) is 0. The molecule has 2 aromatic rings. The minimum atomic E-state index is -0.580. The van der Waals surface area contributed by atoms with Crippen LogP contribution in [0.25, 0.3) is 0 Å². The highest BCUT2D eigenvalue weighted by molar-refractivity contribution is 5.98. The van der Waals surface area contributed by atoms with Gasteiger partial charge < -0.3 is 14.8 Å². The molecule has 0 heterocycles. The third-order valence-corrected chi connectivity index (χ3v) is 4.67. The van der Waals surface area contributed by atoms with Gasteiger partial charge in [0.2, 0.25) is 0 Å². The molecule has 30 heavy (non-hydrogen) atoms. The number of nitrogens with one attached hydrogen (secondary N) is 1. The van der Waals surface area contributed by atoms with Crippen molar-refractivity contribution in [3.05, 3.63) is 59.2 Å². The number of carbonyl (C=O) groups is 3. The van der Waals surface area contributed by atoms with Gasteiger partial charge in [0.05, 0.1) is 13.0 Å². The zero-order chi connectivity index (χ0) is 21.9. The van der Waals surface area contributed by atoms with Crippen LogP contribution in [0.15, 0.2) is 42.5 Å². The van der Waals surface area contributed by atoms with Crippen molar-refractivity contribution in [1.29, 1.82) is 0 Å². The number of hydrogen-bond donors (Lipinski definition) is 1. The molecule has 6 nitrogen and oxygen atoms in total. The molecular formula is C24H29NO5. The topological polar surface area (TPSA) is 81.7 Å². The molecule has 1 amide bonds. The van der Waals surface area contributed by atoms with Gasteiger partial charge in [0, 0.05) is 17.7 Å². The summed E-state index contributed by atoms with van der Waals surface area (Å²) in [5, 5.41) is 2.85. The number of para-hydroxylation sites is 1. The van der Waals surface area contributed by atoms with Gasteiger partial charge in [-0.05, 0) is 55.2 Å². The summed E-state index contributed by atoms with van der Waals surface area (Å²) in [4.78, 5) is 36.4. The van der Waals surface area contributed by atoms with Crippen molar-refractivity contribution in [3.63, 3.8) is 0 Å². The predicted octanol–water partition coefficient (Wildman–Crippen LogP) is 4.35. The van der Waals surface area contributed by atoms with Crippen LogP contribution < -0.4 is 10.1 Å². The average molecular weight is 411 g/mol. The Labute approximate surface area is 177 Å². The third kappa shape index (κ3) is 6.72. The number of hydrogen-bond acceptors (Lipinski definition) is 5. The SMILES string of the molecule is CCOc1ccc(C(=O)CCC(=O)OCC(=O)Nc2c(CC)cccc2CC)cc1. The Morgan fingerprint density at radius 1 is 0.867 bits per heavy atom. The molecule has 0 aliphatic carbocycles. The van der Waals surface area contributed by atoms with Crippen molar-refractivity contribution >= 4 is 23.3 Å². The number of ketones is 1. The van der Waals surface area contributed by atoms with E-state index in [0.717, 1.165) is 29.7 Å². The van der Waals surface area contributed by atoms with Gasteiger partial charge in [-0.1, -0.05) is 32.0 Å². The summed E-state index contributed by atoms with van der Waals surface area (Å²) >= 11 is 0. The molecule has 2 rings (SSSR count). The molecule has 0 aromatic heterocycles. The fourth-order valence-electron chi connectivity index (χ4n) is 3.06. The van der Waals surface area contributed by atoms with Crippen molar-refractivity contribution in [2.45, 2.75) is 46.5 Å². The second-order valence-electron chi connectivity index (χ2n) is 6.75. The zero-order valence-corrected chi connectivity index (χ0v) is 17.8. The van der Waals surface area contributed by atoms with E-state index in [1.54, 1.807) is 24.3 Å². The Kier molecular flexibility index (Phi) is 9.06. The molecule has 1 N–H and O–H groups in total. The molecule has 0 saturated carbocycles. The van der Waals surface area contributed by atoms with Crippen LogP contribution in [-0.4, -0.2) is 30.9 Å². The fraction of sp³-hybridized carbons (Fsp3) is 0.375. The molecule has 0 unspecified atom stereocenters. The first-order valence-electron chi connectivity index (χ1n) is 10.3. The minimum absolute atomic E-state index is 0.0209. The minimum Gasteiger partial charge on any atom is -0.494 e. The summed E-state index contributed by atoms with van der Waals surface area (Å²) in [6.07, 6.45) is 1.52. The number of Topliss-reactive ketones (excluding diaryl/α,β-unsaturated/α-hetero) is 1. The van der Waals surface area contributed by atoms with Crippen molar-refractivity contribution in [2.75, 3.05) is 18.5 Å². The van der Waals surface area contributed by atoms with E-state index >= 15 is 0 Å². The Morgan fingerprint density at radius 2 is 1.50 bits per heavy atom. The monoisotopic (exact) mass is 411 g/mol. The predicted molar refractivity (Wildman–Crippen MR) is 116 cm³/mol. The Balaban J connectivity index is 1.80. The van der Waals surface area contributed by atoms with Gasteiger partial charge >= 0.3 is 5.97 Å². The van der Waals surface area contributed by atoms with Crippen LogP contribution in [-0.2, 0) is 27.2 Å². The van der Waals surface area contributed by atoms with Gasteiger partial charge in [0.1, 0.15) is 5.75 Å². The zero-order valence-electron chi connectivity index (χ0n) is 17.8. The van der Waals surface area contributed by atoms with E-state index in [1.807, 2.05) is 39.0 Å². The molecule has 0 radical (unpaired) electrons. The summed E-state index contributed by atoms with van der Waals surface area (Å²) < 4.78 is 10.4. The van der Waals surface area contributed by atoms with Gasteiger partial charge in [0.25, 0.3) is 5.91 Å². The number of amides is 1. The maximum absolute atomic E-state index is 12.2. The number of ether oxygens (including phenoxy) is 2. The normalized spacial score (nSPS) is 10.4. The molecule has 0 bridgehead atoms. The van der Waals surface area contributed by atoms with Crippen LogP contribution in [0.4, 0.5) is 5.69 Å². The van der Waals surface area contributed by atoms with Crippen molar-refractivity contribution in [2.24, 2.45) is 0 Å². The van der Waals surface area contributed by atoms with Gasteiger partial charge in [-0.3, -0.25) is 14.4 Å². The van der Waals surface area contributed by atoms with E-state index in [-0.39, 0.29) is 25.2 Å². The quantitative estimate of drug-likeness (QED) is 0.439. The van der Waals surface area contributed by atoms with Gasteiger partial charge in [-0.2, -0.15) is 0 Å². The lowest BCUT2D eigenvalue weighted by Gasteiger charge is -2.14. The summed E-state index contributed by atoms with van der Waals surface area (Å²) in [6, 6.07) is 12.7. The van der Waals surface area contributed by atoms with Crippen LogP contribution in [0.2, 0.25) is 0 Å². The van der Waals surface area contributed by atoms with Crippen LogP contribution in [0.1, 0.15) is 55.1 Å². The number of benzene rings is 2. The molecule has 160 valence electrons. The number of anilines is 1. The largest absolute Gasteiger partial charge is 0.494 e. The van der Waals surface area contributed by atoms with Crippen molar-refractivity contribution < 1.29 is 23.9 Å². The first-order chi connectivity index (χ1) is 14.5. The van der Waals surface area contributed by atoms with Crippen LogP contribution in [0.5, 0.6) is 5.75 Å². The van der Waals surface area contributed by atoms with Gasteiger partial charge in [-0.15, -0.1) is 0 Å². The van der Waals surface area contributed by atoms with E-state index in [4.69, 9.17) is 9.47 Å². The second-order valence-corrected chi connectivity index (χ2v) is 6.75. The molecule has 0 fully saturated rings. The molecule has 6 heteroatoms. The smallest absolute Gasteiger partial charge is 0.306 e. The summed E-state index contributed by atoms with van der Waals surface area (Å²) in [5.74, 6) is -0.444. The van der Waals surface area contributed by atoms with Gasteiger partial charge in [0.15, 0.2) is 12.4 Å². The molecular weight excluding hydrogens is 382 g/mol. The lowest BCUT2D eigenvalue weighted by Crippen LogP contribution is -2.22. The van der Waals surface area contributed by atoms with Gasteiger partial charge in [-0.25, -0.2) is 0 Å². The van der Waals surface area contributed by atoms with Crippen LogP contribution >= 0.6 is 0 Å². The van der Waals surface area contributed by atoms with E-state index in [1.165, 1.54) is 0 Å². The van der Waals surface area contributed by atoms with E-state index in [0.29, 0.717) is 17.9 Å². The average Bonchev–Trinajstić information content (AvgIpc) is 2.76.